The van der Waals surface area contributed by atoms with Crippen molar-refractivity contribution in [2.24, 2.45) is 10.9 Å². The maximum atomic E-state index is 12.5. The van der Waals surface area contributed by atoms with Gasteiger partial charge in [-0.15, -0.1) is 0 Å². The predicted molar refractivity (Wildman–Crippen MR) is 125 cm³/mol. The molecule has 8 heteroatoms. The SMILES string of the molecule is Cc1ccc(S(=O)(=O)O/N=C2/CCCc3c2ccc(OCc2ccccc2)c3C(N)=O)cc1. The second-order valence-electron chi connectivity index (χ2n) is 7.84. The molecule has 0 radical (unpaired) electrons. The Hall–Kier alpha value is -3.65. The number of hydrogen-bond acceptors (Lipinski definition) is 6. The van der Waals surface area contributed by atoms with E-state index in [9.17, 15) is 13.2 Å². The fourth-order valence-corrected chi connectivity index (χ4v) is 4.53. The van der Waals surface area contributed by atoms with Gasteiger partial charge in [0, 0.05) is 5.56 Å². The van der Waals surface area contributed by atoms with Gasteiger partial charge in [-0.1, -0.05) is 53.2 Å². The van der Waals surface area contributed by atoms with E-state index in [2.05, 4.69) is 5.16 Å². The third-order valence-electron chi connectivity index (χ3n) is 5.46. The van der Waals surface area contributed by atoms with Crippen molar-refractivity contribution >= 4 is 21.7 Å². The lowest BCUT2D eigenvalue weighted by molar-refractivity contribution is 0.0994. The number of amides is 1. The third-order valence-corrected chi connectivity index (χ3v) is 6.59. The Morgan fingerprint density at radius 2 is 1.73 bits per heavy atom. The summed E-state index contributed by atoms with van der Waals surface area (Å²) in [5.74, 6) is -0.219. The normalized spacial score (nSPS) is 14.5. The molecule has 2 N–H and O–H groups in total. The average Bonchev–Trinajstić information content (AvgIpc) is 2.81. The molecule has 0 aliphatic heterocycles. The summed E-state index contributed by atoms with van der Waals surface area (Å²) in [6.07, 6.45) is 1.78. The van der Waals surface area contributed by atoms with Crippen LogP contribution in [0.1, 0.15) is 45.5 Å². The Morgan fingerprint density at radius 1 is 1.00 bits per heavy atom. The Bertz CT molecular complexity index is 1300. The zero-order chi connectivity index (χ0) is 23.4. The van der Waals surface area contributed by atoms with Crippen molar-refractivity contribution in [1.82, 2.24) is 0 Å². The fourth-order valence-electron chi connectivity index (χ4n) is 3.79. The Morgan fingerprint density at radius 3 is 2.42 bits per heavy atom. The number of nitrogens with zero attached hydrogens (tertiary/aromatic N) is 1. The molecule has 1 amide bonds. The van der Waals surface area contributed by atoms with Crippen LogP contribution in [0, 0.1) is 6.92 Å². The average molecular weight is 465 g/mol. The first-order valence-corrected chi connectivity index (χ1v) is 12.0. The number of carbonyl (C=O) groups excluding carboxylic acids is 1. The molecule has 0 saturated carbocycles. The van der Waals surface area contributed by atoms with E-state index in [0.717, 1.165) is 11.1 Å². The van der Waals surface area contributed by atoms with E-state index in [0.29, 0.717) is 48.5 Å². The van der Waals surface area contributed by atoms with Crippen LogP contribution >= 0.6 is 0 Å². The molecule has 0 saturated heterocycles. The van der Waals surface area contributed by atoms with Gasteiger partial charge in [-0.05, 0) is 61.6 Å². The van der Waals surface area contributed by atoms with Crippen LogP contribution in [0.5, 0.6) is 5.75 Å². The number of hydrogen-bond donors (Lipinski definition) is 1. The number of ether oxygens (including phenoxy) is 1. The Labute approximate surface area is 193 Å². The Kier molecular flexibility index (Phi) is 6.46. The standard InChI is InChI=1S/C25H24N2O5S/c1-17-10-12-19(13-11-17)33(29,30)32-27-22-9-5-8-21-20(22)14-15-23(24(21)25(26)28)31-16-18-6-3-2-4-7-18/h2-4,6-7,10-15H,5,8-9,16H2,1H3,(H2,26,28)/b27-22-. The fraction of sp³-hybridized carbons (Fsp3) is 0.200. The lowest BCUT2D eigenvalue weighted by Crippen LogP contribution is -2.22. The Balaban J connectivity index is 1.63. The van der Waals surface area contributed by atoms with Crippen molar-refractivity contribution < 1.29 is 22.2 Å². The highest BCUT2D eigenvalue weighted by Crippen LogP contribution is 2.32. The lowest BCUT2D eigenvalue weighted by atomic mass is 9.86. The number of fused-ring (bicyclic) bond motifs is 1. The number of benzene rings is 3. The molecule has 3 aromatic rings. The van der Waals surface area contributed by atoms with Crippen LogP contribution in [0.2, 0.25) is 0 Å². The van der Waals surface area contributed by atoms with Gasteiger partial charge in [0.05, 0.1) is 11.3 Å². The minimum Gasteiger partial charge on any atom is -0.488 e. The summed E-state index contributed by atoms with van der Waals surface area (Å²) in [6, 6.07) is 19.4. The van der Waals surface area contributed by atoms with Crippen LogP contribution in [-0.2, 0) is 27.4 Å². The summed E-state index contributed by atoms with van der Waals surface area (Å²) in [6.45, 7) is 2.16. The molecule has 1 aliphatic rings. The van der Waals surface area contributed by atoms with Crippen LogP contribution in [0.15, 0.2) is 76.8 Å². The van der Waals surface area contributed by atoms with E-state index in [4.69, 9.17) is 14.8 Å². The molecule has 0 fully saturated rings. The molecule has 3 aromatic carbocycles. The maximum absolute atomic E-state index is 12.5. The number of rotatable bonds is 7. The molecule has 0 unspecified atom stereocenters. The minimum absolute atomic E-state index is 0.0240. The smallest absolute Gasteiger partial charge is 0.358 e. The van der Waals surface area contributed by atoms with Gasteiger partial charge in [0.25, 0.3) is 5.91 Å². The van der Waals surface area contributed by atoms with E-state index < -0.39 is 16.0 Å². The largest absolute Gasteiger partial charge is 0.488 e. The highest BCUT2D eigenvalue weighted by atomic mass is 32.2. The third kappa shape index (κ3) is 5.06. The van der Waals surface area contributed by atoms with Crippen molar-refractivity contribution in [3.05, 3.63) is 94.5 Å². The van der Waals surface area contributed by atoms with Gasteiger partial charge in [-0.25, -0.2) is 0 Å². The van der Waals surface area contributed by atoms with E-state index in [1.165, 1.54) is 12.1 Å². The molecule has 33 heavy (non-hydrogen) atoms. The van der Waals surface area contributed by atoms with Crippen LogP contribution < -0.4 is 10.5 Å². The number of primary amides is 1. The van der Waals surface area contributed by atoms with Gasteiger partial charge in [0.15, 0.2) is 0 Å². The molecule has 0 aromatic heterocycles. The van der Waals surface area contributed by atoms with E-state index >= 15 is 0 Å². The zero-order valence-electron chi connectivity index (χ0n) is 18.2. The van der Waals surface area contributed by atoms with Gasteiger partial charge in [0.1, 0.15) is 17.3 Å². The van der Waals surface area contributed by atoms with Crippen molar-refractivity contribution in [3.63, 3.8) is 0 Å². The number of aryl methyl sites for hydroxylation is 1. The van der Waals surface area contributed by atoms with Crippen LogP contribution in [-0.4, -0.2) is 20.0 Å². The highest BCUT2D eigenvalue weighted by molar-refractivity contribution is 7.86. The minimum atomic E-state index is -4.06. The lowest BCUT2D eigenvalue weighted by Gasteiger charge is -2.22. The number of oxime groups is 1. The summed E-state index contributed by atoms with van der Waals surface area (Å²) >= 11 is 0. The second kappa shape index (κ2) is 9.46. The summed E-state index contributed by atoms with van der Waals surface area (Å²) in [5, 5.41) is 3.95. The summed E-state index contributed by atoms with van der Waals surface area (Å²) in [4.78, 5) is 12.3. The van der Waals surface area contributed by atoms with Crippen molar-refractivity contribution in [3.8, 4) is 5.75 Å². The molecule has 0 spiro atoms. The predicted octanol–water partition coefficient (Wildman–Crippen LogP) is 4.12. The van der Waals surface area contributed by atoms with Gasteiger partial charge in [-0.3, -0.25) is 9.08 Å². The summed E-state index contributed by atoms with van der Waals surface area (Å²) in [7, 11) is -4.06. The van der Waals surface area contributed by atoms with Crippen molar-refractivity contribution in [1.29, 1.82) is 0 Å². The number of nitrogens with two attached hydrogens (primary N) is 1. The molecule has 0 atom stereocenters. The zero-order valence-corrected chi connectivity index (χ0v) is 19.0. The molecule has 1 aliphatic carbocycles. The highest BCUT2D eigenvalue weighted by Gasteiger charge is 2.26. The monoisotopic (exact) mass is 464 g/mol. The first-order valence-electron chi connectivity index (χ1n) is 10.5. The molecule has 170 valence electrons. The topological polar surface area (TPSA) is 108 Å². The molecule has 4 rings (SSSR count). The molecule has 0 heterocycles. The van der Waals surface area contributed by atoms with E-state index in [1.54, 1.807) is 24.3 Å². The van der Waals surface area contributed by atoms with E-state index in [-0.39, 0.29) is 10.5 Å². The molecular weight excluding hydrogens is 440 g/mol. The van der Waals surface area contributed by atoms with Crippen molar-refractivity contribution in [2.45, 2.75) is 37.7 Å². The van der Waals surface area contributed by atoms with Gasteiger partial charge in [-0.2, -0.15) is 8.42 Å². The molecule has 7 nitrogen and oxygen atoms in total. The van der Waals surface area contributed by atoms with Crippen LogP contribution in [0.4, 0.5) is 0 Å². The van der Waals surface area contributed by atoms with Gasteiger partial charge in [0.2, 0.25) is 0 Å². The second-order valence-corrected chi connectivity index (χ2v) is 9.37. The molecular formula is C25H24N2O5S. The van der Waals surface area contributed by atoms with E-state index in [1.807, 2.05) is 37.3 Å². The molecule has 0 bridgehead atoms. The van der Waals surface area contributed by atoms with Crippen molar-refractivity contribution in [2.75, 3.05) is 0 Å². The maximum Gasteiger partial charge on any atom is 0.358 e. The summed E-state index contributed by atoms with van der Waals surface area (Å²) in [5.41, 5.74) is 9.66. The van der Waals surface area contributed by atoms with Gasteiger partial charge >= 0.3 is 10.1 Å². The quantitative estimate of drug-likeness (QED) is 0.529. The van der Waals surface area contributed by atoms with Gasteiger partial charge < -0.3 is 10.5 Å². The number of carbonyl (C=O) groups is 1. The summed E-state index contributed by atoms with van der Waals surface area (Å²) < 4.78 is 35.9. The first-order chi connectivity index (χ1) is 15.8. The first kappa shape index (κ1) is 22.5. The van der Waals surface area contributed by atoms with Crippen LogP contribution in [0.25, 0.3) is 0 Å². The van der Waals surface area contributed by atoms with Crippen LogP contribution in [0.3, 0.4) is 0 Å².